The molecule has 0 saturated carbocycles. The number of hydrogen-bond donors (Lipinski definition) is 3. The number of amides is 2. The van der Waals surface area contributed by atoms with Gasteiger partial charge in [0.05, 0.1) is 6.04 Å². The van der Waals surface area contributed by atoms with Crippen molar-refractivity contribution in [1.29, 1.82) is 0 Å². The van der Waals surface area contributed by atoms with Gasteiger partial charge in [0.15, 0.2) is 0 Å². The zero-order valence-corrected chi connectivity index (χ0v) is 14.0. The van der Waals surface area contributed by atoms with Crippen molar-refractivity contribution in [2.75, 3.05) is 6.54 Å². The molecule has 1 aliphatic heterocycles. The lowest BCUT2D eigenvalue weighted by Crippen LogP contribution is -2.53. The van der Waals surface area contributed by atoms with Crippen molar-refractivity contribution in [3.63, 3.8) is 0 Å². The molecule has 1 fully saturated rings. The van der Waals surface area contributed by atoms with Crippen LogP contribution in [0.15, 0.2) is 0 Å². The minimum atomic E-state index is -0.620. The Hall–Kier alpha value is -1.10. The molecule has 5 heteroatoms. The molecule has 2 amide bonds. The normalized spacial score (nSPS) is 22.0. The molecule has 22 heavy (non-hydrogen) atoms. The van der Waals surface area contributed by atoms with Crippen LogP contribution in [0.25, 0.3) is 0 Å². The minimum absolute atomic E-state index is 0.0288. The summed E-state index contributed by atoms with van der Waals surface area (Å²) < 4.78 is 0. The molecule has 0 aromatic heterocycles. The first-order valence-corrected chi connectivity index (χ1v) is 8.97. The van der Waals surface area contributed by atoms with Gasteiger partial charge in [0.2, 0.25) is 11.8 Å². The predicted octanol–water partition coefficient (Wildman–Crippen LogP) is 2.24. The summed E-state index contributed by atoms with van der Waals surface area (Å²) in [5, 5.41) is 5.70. The molecular formula is C17H33N3O2. The summed E-state index contributed by atoms with van der Waals surface area (Å²) in [7, 11) is 0. The molecule has 2 atom stereocenters. The summed E-state index contributed by atoms with van der Waals surface area (Å²) in [6, 6.07) is -0.839. The molecule has 0 spiro atoms. The van der Waals surface area contributed by atoms with Gasteiger partial charge in [0.25, 0.3) is 0 Å². The van der Waals surface area contributed by atoms with Gasteiger partial charge >= 0.3 is 0 Å². The molecule has 1 unspecified atom stereocenters. The van der Waals surface area contributed by atoms with Gasteiger partial charge in [-0.15, -0.1) is 0 Å². The largest absolute Gasteiger partial charge is 0.355 e. The van der Waals surface area contributed by atoms with Gasteiger partial charge in [-0.2, -0.15) is 0 Å². The average molecular weight is 311 g/mol. The van der Waals surface area contributed by atoms with Crippen molar-refractivity contribution in [3.05, 3.63) is 0 Å². The SMILES string of the molecule is CCCCCCCCCCC(=O)NC1CCCNC(=O)[C@H]1N. The van der Waals surface area contributed by atoms with E-state index in [1.165, 1.54) is 38.5 Å². The topological polar surface area (TPSA) is 84.2 Å². The number of hydrogen-bond acceptors (Lipinski definition) is 3. The number of carbonyl (C=O) groups is 2. The fraction of sp³-hybridized carbons (Fsp3) is 0.882. The van der Waals surface area contributed by atoms with Crippen LogP contribution in [0.3, 0.4) is 0 Å². The molecule has 0 aromatic rings. The number of rotatable bonds is 10. The van der Waals surface area contributed by atoms with Crippen molar-refractivity contribution in [2.45, 2.75) is 89.6 Å². The summed E-state index contributed by atoms with van der Waals surface area (Å²) >= 11 is 0. The molecule has 5 nitrogen and oxygen atoms in total. The molecular weight excluding hydrogens is 278 g/mol. The van der Waals surface area contributed by atoms with Gasteiger partial charge in [0.1, 0.15) is 6.04 Å². The third kappa shape index (κ3) is 7.78. The van der Waals surface area contributed by atoms with Crippen LogP contribution in [0.5, 0.6) is 0 Å². The summed E-state index contributed by atoms with van der Waals surface area (Å²) in [5.74, 6) is -0.129. The van der Waals surface area contributed by atoms with Crippen LogP contribution in [0.1, 0.15) is 77.6 Å². The van der Waals surface area contributed by atoms with Gasteiger partial charge in [0, 0.05) is 13.0 Å². The fourth-order valence-corrected chi connectivity index (χ4v) is 2.87. The van der Waals surface area contributed by atoms with Gasteiger partial charge < -0.3 is 16.4 Å². The lowest BCUT2D eigenvalue weighted by atomic mass is 10.0. The molecule has 0 radical (unpaired) electrons. The van der Waals surface area contributed by atoms with E-state index < -0.39 is 6.04 Å². The van der Waals surface area contributed by atoms with Gasteiger partial charge in [-0.05, 0) is 19.3 Å². The van der Waals surface area contributed by atoms with Crippen LogP contribution in [0, 0.1) is 0 Å². The molecule has 1 saturated heterocycles. The van der Waals surface area contributed by atoms with E-state index in [-0.39, 0.29) is 17.9 Å². The zero-order valence-electron chi connectivity index (χ0n) is 14.0. The summed E-state index contributed by atoms with van der Waals surface area (Å²) in [6.07, 6.45) is 11.9. The molecule has 1 rings (SSSR count). The Morgan fingerprint density at radius 3 is 2.50 bits per heavy atom. The maximum Gasteiger partial charge on any atom is 0.239 e. The second-order valence-corrected chi connectivity index (χ2v) is 6.36. The van der Waals surface area contributed by atoms with Crippen molar-refractivity contribution in [3.8, 4) is 0 Å². The Morgan fingerprint density at radius 2 is 1.82 bits per heavy atom. The van der Waals surface area contributed by atoms with Crippen molar-refractivity contribution in [1.82, 2.24) is 10.6 Å². The van der Waals surface area contributed by atoms with Crippen LogP contribution in [-0.4, -0.2) is 30.4 Å². The third-order valence-corrected chi connectivity index (χ3v) is 4.33. The van der Waals surface area contributed by atoms with Crippen molar-refractivity contribution < 1.29 is 9.59 Å². The van der Waals surface area contributed by atoms with E-state index in [1.807, 2.05) is 0 Å². The van der Waals surface area contributed by atoms with Gasteiger partial charge in [-0.1, -0.05) is 51.9 Å². The van der Waals surface area contributed by atoms with E-state index in [9.17, 15) is 9.59 Å². The maximum absolute atomic E-state index is 12.0. The van der Waals surface area contributed by atoms with E-state index in [0.717, 1.165) is 25.7 Å². The molecule has 4 N–H and O–H groups in total. The van der Waals surface area contributed by atoms with E-state index in [0.29, 0.717) is 13.0 Å². The summed E-state index contributed by atoms with van der Waals surface area (Å²) in [6.45, 7) is 2.87. The Morgan fingerprint density at radius 1 is 1.18 bits per heavy atom. The molecule has 0 aliphatic carbocycles. The molecule has 0 aromatic carbocycles. The Balaban J connectivity index is 2.08. The lowest BCUT2D eigenvalue weighted by Gasteiger charge is -2.21. The van der Waals surface area contributed by atoms with E-state index in [1.54, 1.807) is 0 Å². The first-order chi connectivity index (χ1) is 10.6. The highest BCUT2D eigenvalue weighted by atomic mass is 16.2. The smallest absolute Gasteiger partial charge is 0.239 e. The first-order valence-electron chi connectivity index (χ1n) is 8.97. The number of carbonyl (C=O) groups excluding carboxylic acids is 2. The van der Waals surface area contributed by atoms with Crippen LogP contribution in [0.2, 0.25) is 0 Å². The third-order valence-electron chi connectivity index (χ3n) is 4.33. The molecule has 1 aliphatic rings. The molecule has 128 valence electrons. The van der Waals surface area contributed by atoms with Crippen LogP contribution in [-0.2, 0) is 9.59 Å². The van der Waals surface area contributed by atoms with E-state index in [2.05, 4.69) is 17.6 Å². The summed E-state index contributed by atoms with van der Waals surface area (Å²) in [4.78, 5) is 23.6. The van der Waals surface area contributed by atoms with E-state index in [4.69, 9.17) is 5.73 Å². The zero-order chi connectivity index (χ0) is 16.2. The van der Waals surface area contributed by atoms with Crippen molar-refractivity contribution in [2.24, 2.45) is 5.73 Å². The minimum Gasteiger partial charge on any atom is -0.355 e. The van der Waals surface area contributed by atoms with Gasteiger partial charge in [-0.25, -0.2) is 0 Å². The Bertz CT molecular complexity index is 334. The average Bonchev–Trinajstić information content (AvgIpc) is 2.65. The highest BCUT2D eigenvalue weighted by Crippen LogP contribution is 2.10. The van der Waals surface area contributed by atoms with Crippen LogP contribution >= 0.6 is 0 Å². The highest BCUT2D eigenvalue weighted by Gasteiger charge is 2.27. The second-order valence-electron chi connectivity index (χ2n) is 6.36. The quantitative estimate of drug-likeness (QED) is 0.541. The fourth-order valence-electron chi connectivity index (χ4n) is 2.87. The lowest BCUT2D eigenvalue weighted by molar-refractivity contribution is -0.124. The van der Waals surface area contributed by atoms with Crippen LogP contribution in [0.4, 0.5) is 0 Å². The second kappa shape index (κ2) is 11.5. The monoisotopic (exact) mass is 311 g/mol. The molecule has 0 bridgehead atoms. The highest BCUT2D eigenvalue weighted by molar-refractivity contribution is 5.84. The predicted molar refractivity (Wildman–Crippen MR) is 89.4 cm³/mol. The van der Waals surface area contributed by atoms with E-state index >= 15 is 0 Å². The first kappa shape index (κ1) is 18.9. The number of nitrogens with one attached hydrogen (secondary N) is 2. The van der Waals surface area contributed by atoms with Gasteiger partial charge in [-0.3, -0.25) is 9.59 Å². The Kier molecular flexibility index (Phi) is 9.87. The number of nitrogens with two attached hydrogens (primary N) is 1. The Labute approximate surface area is 134 Å². The standard InChI is InChI=1S/C17H33N3O2/c1-2-3-4-5-6-7-8-9-12-15(21)20-14-11-10-13-19-17(22)16(14)18/h14,16H,2-13,18H2,1H3,(H,19,22)(H,20,21)/t14?,16-/m0/s1. The molecule has 1 heterocycles. The number of unbranched alkanes of at least 4 members (excludes halogenated alkanes) is 7. The summed E-state index contributed by atoms with van der Waals surface area (Å²) in [5.41, 5.74) is 5.88. The van der Waals surface area contributed by atoms with Crippen LogP contribution < -0.4 is 16.4 Å². The maximum atomic E-state index is 12.0. The van der Waals surface area contributed by atoms with Crippen molar-refractivity contribution >= 4 is 11.8 Å².